The van der Waals surface area contributed by atoms with Gasteiger partial charge in [0.25, 0.3) is 0 Å². The Morgan fingerprint density at radius 3 is 3.05 bits per heavy atom. The third-order valence-electron chi connectivity index (χ3n) is 4.44. The van der Waals surface area contributed by atoms with Crippen molar-refractivity contribution in [1.82, 2.24) is 19.9 Å². The fourth-order valence-corrected chi connectivity index (χ4v) is 2.84. The van der Waals surface area contributed by atoms with Crippen LogP contribution in [0.3, 0.4) is 0 Å². The van der Waals surface area contributed by atoms with Crippen LogP contribution < -0.4 is 0 Å². The van der Waals surface area contributed by atoms with Gasteiger partial charge in [-0.25, -0.2) is 0 Å². The fraction of sp³-hybridized carbons (Fsp3) is 0.600. The Bertz CT molecular complexity index is 566. The predicted molar refractivity (Wildman–Crippen MR) is 78.6 cm³/mol. The summed E-state index contributed by atoms with van der Waals surface area (Å²) >= 11 is 0. The molecule has 21 heavy (non-hydrogen) atoms. The summed E-state index contributed by atoms with van der Waals surface area (Å²) in [6.45, 7) is 4.11. The first-order valence-corrected chi connectivity index (χ1v) is 7.39. The Balaban J connectivity index is 1.61. The number of hydrogen-bond acceptors (Lipinski definition) is 6. The number of aromatic nitrogens is 2. The molecule has 114 valence electrons. The quantitative estimate of drug-likeness (QED) is 0.860. The minimum atomic E-state index is 0.570. The summed E-state index contributed by atoms with van der Waals surface area (Å²) < 4.78 is 10.4. The van der Waals surface area contributed by atoms with E-state index in [9.17, 15) is 0 Å². The van der Waals surface area contributed by atoms with Crippen molar-refractivity contribution >= 4 is 0 Å². The maximum atomic E-state index is 5.34. The van der Waals surface area contributed by atoms with E-state index >= 15 is 0 Å². The second-order valence-electron chi connectivity index (χ2n) is 5.95. The summed E-state index contributed by atoms with van der Waals surface area (Å²) in [5, 5.41) is 4.00. The standard InChI is InChI=1S/C15H22N4O2/c1-11-8-13(4-6-18(11)2)19(3)9-14-16-15(17-21-14)12-5-7-20-10-12/h5,7,10-11,13H,4,6,8-9H2,1-3H3. The number of furan rings is 1. The van der Waals surface area contributed by atoms with Gasteiger partial charge in [-0.15, -0.1) is 0 Å². The molecule has 0 aromatic carbocycles. The molecule has 2 aromatic heterocycles. The normalized spacial score (nSPS) is 23.8. The highest BCUT2D eigenvalue weighted by Gasteiger charge is 2.26. The second-order valence-corrected chi connectivity index (χ2v) is 5.95. The van der Waals surface area contributed by atoms with Gasteiger partial charge >= 0.3 is 0 Å². The van der Waals surface area contributed by atoms with Gasteiger partial charge in [-0.05, 0) is 46.5 Å². The Hall–Kier alpha value is -1.66. The van der Waals surface area contributed by atoms with Crippen LogP contribution in [0.4, 0.5) is 0 Å². The highest BCUT2D eigenvalue weighted by atomic mass is 16.5. The Morgan fingerprint density at radius 2 is 2.33 bits per heavy atom. The van der Waals surface area contributed by atoms with E-state index in [1.165, 1.54) is 12.8 Å². The van der Waals surface area contributed by atoms with Crippen molar-refractivity contribution in [3.63, 3.8) is 0 Å². The monoisotopic (exact) mass is 290 g/mol. The third-order valence-corrected chi connectivity index (χ3v) is 4.44. The van der Waals surface area contributed by atoms with Gasteiger partial charge in [0.2, 0.25) is 11.7 Å². The van der Waals surface area contributed by atoms with Crippen LogP contribution in [0.1, 0.15) is 25.7 Å². The second kappa shape index (κ2) is 5.99. The van der Waals surface area contributed by atoms with Gasteiger partial charge in [0.15, 0.2) is 0 Å². The molecule has 0 N–H and O–H groups in total. The molecule has 1 aliphatic rings. The van der Waals surface area contributed by atoms with Crippen molar-refractivity contribution in [1.29, 1.82) is 0 Å². The maximum Gasteiger partial charge on any atom is 0.241 e. The molecular weight excluding hydrogens is 268 g/mol. The lowest BCUT2D eigenvalue weighted by Crippen LogP contribution is -2.46. The van der Waals surface area contributed by atoms with Crippen LogP contribution in [-0.4, -0.2) is 52.7 Å². The Morgan fingerprint density at radius 1 is 1.48 bits per heavy atom. The number of hydrogen-bond donors (Lipinski definition) is 0. The van der Waals surface area contributed by atoms with Crippen LogP contribution in [0, 0.1) is 0 Å². The first-order chi connectivity index (χ1) is 10.1. The zero-order valence-corrected chi connectivity index (χ0v) is 12.8. The third kappa shape index (κ3) is 3.16. The minimum Gasteiger partial charge on any atom is -0.472 e. The van der Waals surface area contributed by atoms with Gasteiger partial charge < -0.3 is 13.8 Å². The Kier molecular flexibility index (Phi) is 4.07. The molecule has 6 nitrogen and oxygen atoms in total. The van der Waals surface area contributed by atoms with E-state index in [1.807, 2.05) is 6.07 Å². The highest BCUT2D eigenvalue weighted by molar-refractivity contribution is 5.51. The predicted octanol–water partition coefficient (Wildman–Crippen LogP) is 2.24. The van der Waals surface area contributed by atoms with Crippen molar-refractivity contribution < 1.29 is 8.94 Å². The topological polar surface area (TPSA) is 58.5 Å². The minimum absolute atomic E-state index is 0.570. The molecule has 0 amide bonds. The molecule has 3 heterocycles. The van der Waals surface area contributed by atoms with E-state index in [-0.39, 0.29) is 0 Å². The summed E-state index contributed by atoms with van der Waals surface area (Å²) in [6.07, 6.45) is 5.59. The van der Waals surface area contributed by atoms with Crippen molar-refractivity contribution in [2.75, 3.05) is 20.6 Å². The molecule has 2 atom stereocenters. The highest BCUT2D eigenvalue weighted by Crippen LogP contribution is 2.21. The molecule has 1 saturated heterocycles. The van der Waals surface area contributed by atoms with Crippen molar-refractivity contribution in [3.8, 4) is 11.4 Å². The van der Waals surface area contributed by atoms with Crippen LogP contribution in [0.15, 0.2) is 27.5 Å². The van der Waals surface area contributed by atoms with Crippen LogP contribution in [0.5, 0.6) is 0 Å². The molecule has 2 unspecified atom stereocenters. The van der Waals surface area contributed by atoms with Gasteiger partial charge in [-0.2, -0.15) is 4.98 Å². The van der Waals surface area contributed by atoms with Crippen LogP contribution in [0.25, 0.3) is 11.4 Å². The van der Waals surface area contributed by atoms with E-state index in [2.05, 4.69) is 41.0 Å². The SMILES string of the molecule is CC1CC(N(C)Cc2nc(-c3ccoc3)no2)CCN1C. The van der Waals surface area contributed by atoms with Gasteiger partial charge in [0, 0.05) is 12.1 Å². The van der Waals surface area contributed by atoms with Crippen molar-refractivity contribution in [2.24, 2.45) is 0 Å². The number of likely N-dealkylation sites (tertiary alicyclic amines) is 1. The molecule has 0 radical (unpaired) electrons. The zero-order valence-electron chi connectivity index (χ0n) is 12.8. The number of piperidine rings is 1. The summed E-state index contributed by atoms with van der Waals surface area (Å²) in [7, 11) is 4.32. The molecule has 1 aliphatic heterocycles. The Labute approximate surface area is 124 Å². The first kappa shape index (κ1) is 14.3. The molecule has 0 saturated carbocycles. The van der Waals surface area contributed by atoms with Crippen molar-refractivity contribution in [2.45, 2.75) is 38.4 Å². The van der Waals surface area contributed by atoms with Gasteiger partial charge in [0.05, 0.1) is 18.4 Å². The lowest BCUT2D eigenvalue weighted by Gasteiger charge is -2.38. The maximum absolute atomic E-state index is 5.34. The summed E-state index contributed by atoms with van der Waals surface area (Å²) in [5.74, 6) is 1.24. The molecule has 0 bridgehead atoms. The smallest absolute Gasteiger partial charge is 0.241 e. The molecule has 1 fully saturated rings. The average molecular weight is 290 g/mol. The van der Waals surface area contributed by atoms with Gasteiger partial charge in [-0.3, -0.25) is 4.90 Å². The summed E-state index contributed by atoms with van der Waals surface area (Å²) in [4.78, 5) is 9.16. The zero-order chi connectivity index (χ0) is 14.8. The van der Waals surface area contributed by atoms with E-state index in [0.29, 0.717) is 30.3 Å². The molecule has 6 heteroatoms. The van der Waals surface area contributed by atoms with Gasteiger partial charge in [0.1, 0.15) is 6.26 Å². The molecular formula is C15H22N4O2. The van der Waals surface area contributed by atoms with E-state index < -0.39 is 0 Å². The first-order valence-electron chi connectivity index (χ1n) is 7.39. The molecule has 0 aliphatic carbocycles. The van der Waals surface area contributed by atoms with Crippen LogP contribution in [0.2, 0.25) is 0 Å². The van der Waals surface area contributed by atoms with Crippen LogP contribution >= 0.6 is 0 Å². The van der Waals surface area contributed by atoms with Crippen LogP contribution in [-0.2, 0) is 6.54 Å². The van der Waals surface area contributed by atoms with E-state index in [1.54, 1.807) is 12.5 Å². The van der Waals surface area contributed by atoms with Crippen molar-refractivity contribution in [3.05, 3.63) is 24.5 Å². The number of nitrogens with zero attached hydrogens (tertiary/aromatic N) is 4. The average Bonchev–Trinajstić information content (AvgIpc) is 3.12. The molecule has 0 spiro atoms. The number of rotatable bonds is 4. The largest absolute Gasteiger partial charge is 0.472 e. The lowest BCUT2D eigenvalue weighted by atomic mass is 9.98. The molecule has 3 rings (SSSR count). The van der Waals surface area contributed by atoms with Gasteiger partial charge in [-0.1, -0.05) is 5.16 Å². The summed E-state index contributed by atoms with van der Waals surface area (Å²) in [5.41, 5.74) is 0.848. The lowest BCUT2D eigenvalue weighted by molar-refractivity contribution is 0.0938. The van der Waals surface area contributed by atoms with E-state index in [0.717, 1.165) is 12.1 Å². The summed E-state index contributed by atoms with van der Waals surface area (Å²) in [6, 6.07) is 3.02. The fourth-order valence-electron chi connectivity index (χ4n) is 2.84. The molecule has 2 aromatic rings. The van der Waals surface area contributed by atoms with E-state index in [4.69, 9.17) is 8.94 Å².